The number of aromatic nitrogens is 3. The van der Waals surface area contributed by atoms with Crippen molar-refractivity contribution in [2.45, 2.75) is 38.9 Å². The second-order valence-electron chi connectivity index (χ2n) is 6.57. The van der Waals surface area contributed by atoms with E-state index in [2.05, 4.69) is 15.2 Å². The van der Waals surface area contributed by atoms with Crippen molar-refractivity contribution in [1.82, 2.24) is 15.2 Å². The van der Waals surface area contributed by atoms with E-state index in [1.165, 1.54) is 24.5 Å². The zero-order valence-corrected chi connectivity index (χ0v) is 13.8. The van der Waals surface area contributed by atoms with E-state index in [9.17, 15) is 13.2 Å². The van der Waals surface area contributed by atoms with Crippen molar-refractivity contribution < 1.29 is 17.9 Å². The van der Waals surface area contributed by atoms with Crippen molar-refractivity contribution in [3.8, 4) is 17.0 Å². The van der Waals surface area contributed by atoms with Crippen molar-refractivity contribution in [3.63, 3.8) is 0 Å². The molecule has 0 bridgehead atoms. The lowest BCUT2D eigenvalue weighted by Gasteiger charge is -2.27. The molecule has 24 heavy (non-hydrogen) atoms. The molecular weight excluding hydrogens is 321 g/mol. The second kappa shape index (κ2) is 6.80. The Morgan fingerprint density at radius 1 is 1.29 bits per heavy atom. The molecule has 2 rings (SSSR count). The normalized spacial score (nSPS) is 14.7. The maximum Gasteiger partial charge on any atom is 0.437 e. The summed E-state index contributed by atoms with van der Waals surface area (Å²) in [7, 11) is 0. The molecule has 2 aromatic rings. The fourth-order valence-electron chi connectivity index (χ4n) is 2.55. The number of hydrogen-bond donors (Lipinski definition) is 2. The molecule has 132 valence electrons. The molecule has 3 N–H and O–H groups in total. The molecule has 0 saturated carbocycles. The van der Waals surface area contributed by atoms with Gasteiger partial charge >= 0.3 is 6.18 Å². The Hall–Kier alpha value is -2.09. The van der Waals surface area contributed by atoms with Gasteiger partial charge in [0.25, 0.3) is 0 Å². The first-order valence-electron chi connectivity index (χ1n) is 7.57. The predicted molar refractivity (Wildman–Crippen MR) is 84.4 cm³/mol. The number of nitrogens with zero attached hydrogens (tertiary/aromatic N) is 2. The highest BCUT2D eigenvalue weighted by molar-refractivity contribution is 5.58. The number of nitrogens with two attached hydrogens (primary N) is 1. The number of H-pyrrole nitrogens is 1. The SMILES string of the molecule is CC(C)C[C@](C)(N)COc1ccc(-c2cn[nH]c2)nc1C(F)(F)F. The largest absolute Gasteiger partial charge is 0.489 e. The van der Waals surface area contributed by atoms with Crippen LogP contribution in [0.4, 0.5) is 13.2 Å². The van der Waals surface area contributed by atoms with Gasteiger partial charge in [0.15, 0.2) is 5.69 Å². The highest BCUT2D eigenvalue weighted by Crippen LogP contribution is 2.36. The van der Waals surface area contributed by atoms with Gasteiger partial charge in [-0.15, -0.1) is 0 Å². The van der Waals surface area contributed by atoms with Crippen LogP contribution in [0.25, 0.3) is 11.3 Å². The van der Waals surface area contributed by atoms with Gasteiger partial charge < -0.3 is 10.5 Å². The molecule has 0 saturated heterocycles. The third kappa shape index (κ3) is 4.70. The molecule has 8 heteroatoms. The summed E-state index contributed by atoms with van der Waals surface area (Å²) < 4.78 is 45.3. The monoisotopic (exact) mass is 342 g/mol. The van der Waals surface area contributed by atoms with E-state index >= 15 is 0 Å². The van der Waals surface area contributed by atoms with Crippen molar-refractivity contribution in [3.05, 3.63) is 30.2 Å². The van der Waals surface area contributed by atoms with Crippen LogP contribution < -0.4 is 10.5 Å². The van der Waals surface area contributed by atoms with E-state index in [1.807, 2.05) is 13.8 Å². The quantitative estimate of drug-likeness (QED) is 0.840. The third-order valence-corrected chi connectivity index (χ3v) is 3.35. The van der Waals surface area contributed by atoms with Crippen molar-refractivity contribution >= 4 is 0 Å². The summed E-state index contributed by atoms with van der Waals surface area (Å²) in [4.78, 5) is 3.70. The molecule has 0 aromatic carbocycles. The lowest BCUT2D eigenvalue weighted by Crippen LogP contribution is -2.43. The van der Waals surface area contributed by atoms with Gasteiger partial charge in [0, 0.05) is 17.3 Å². The Labute approximate surface area is 138 Å². The molecule has 1 atom stereocenters. The first-order valence-corrected chi connectivity index (χ1v) is 7.57. The number of pyridine rings is 1. The molecule has 0 fully saturated rings. The van der Waals surface area contributed by atoms with E-state index in [0.717, 1.165) is 0 Å². The highest BCUT2D eigenvalue weighted by Gasteiger charge is 2.37. The minimum Gasteiger partial charge on any atom is -0.489 e. The molecule has 0 amide bonds. The number of rotatable bonds is 6. The summed E-state index contributed by atoms with van der Waals surface area (Å²) in [5.41, 5.74) is 4.94. The van der Waals surface area contributed by atoms with Crippen LogP contribution in [-0.2, 0) is 6.18 Å². The molecule has 0 aliphatic rings. The average molecular weight is 342 g/mol. The van der Waals surface area contributed by atoms with Gasteiger partial charge in [-0.2, -0.15) is 18.3 Å². The number of halogens is 3. The summed E-state index contributed by atoms with van der Waals surface area (Å²) in [6.45, 7) is 5.72. The van der Waals surface area contributed by atoms with Gasteiger partial charge in [0.05, 0.1) is 11.9 Å². The minimum absolute atomic E-state index is 0.0268. The topological polar surface area (TPSA) is 76.8 Å². The van der Waals surface area contributed by atoms with Crippen molar-refractivity contribution in [1.29, 1.82) is 0 Å². The molecule has 2 aromatic heterocycles. The zero-order valence-electron chi connectivity index (χ0n) is 13.8. The van der Waals surface area contributed by atoms with Gasteiger partial charge in [0.2, 0.25) is 0 Å². The predicted octanol–water partition coefficient (Wildman–Crippen LogP) is 3.63. The summed E-state index contributed by atoms with van der Waals surface area (Å²) in [5, 5.41) is 6.26. The number of alkyl halides is 3. The standard InChI is InChI=1S/C16H21F3N4O/c1-10(2)6-15(3,20)9-24-13-5-4-12(11-7-21-22-8-11)23-14(13)16(17,18)19/h4-5,7-8,10H,6,9,20H2,1-3H3,(H,21,22)/t15-/m0/s1. The van der Waals surface area contributed by atoms with Crippen LogP contribution in [0.3, 0.4) is 0 Å². The lowest BCUT2D eigenvalue weighted by molar-refractivity contribution is -0.142. The summed E-state index contributed by atoms with van der Waals surface area (Å²) in [5.74, 6) is -0.0116. The molecule has 0 unspecified atom stereocenters. The second-order valence-corrected chi connectivity index (χ2v) is 6.57. The van der Waals surface area contributed by atoms with E-state index < -0.39 is 17.4 Å². The lowest BCUT2D eigenvalue weighted by atomic mass is 9.93. The van der Waals surface area contributed by atoms with E-state index in [1.54, 1.807) is 6.92 Å². The van der Waals surface area contributed by atoms with Crippen LogP contribution in [0.5, 0.6) is 5.75 Å². The summed E-state index contributed by atoms with van der Waals surface area (Å²) in [6, 6.07) is 2.73. The van der Waals surface area contributed by atoms with Crippen molar-refractivity contribution in [2.75, 3.05) is 6.61 Å². The first-order chi connectivity index (χ1) is 11.1. The van der Waals surface area contributed by atoms with Crippen LogP contribution >= 0.6 is 0 Å². The van der Waals surface area contributed by atoms with Crippen LogP contribution in [0.1, 0.15) is 32.9 Å². The highest BCUT2D eigenvalue weighted by atomic mass is 19.4. The van der Waals surface area contributed by atoms with Gasteiger partial charge in [0.1, 0.15) is 12.4 Å². The van der Waals surface area contributed by atoms with E-state index in [0.29, 0.717) is 17.9 Å². The van der Waals surface area contributed by atoms with Crippen LogP contribution in [0.2, 0.25) is 0 Å². The number of ether oxygens (including phenoxy) is 1. The Kier molecular flexibility index (Phi) is 5.17. The van der Waals surface area contributed by atoms with E-state index in [4.69, 9.17) is 10.5 Å². The number of nitrogens with one attached hydrogen (secondary N) is 1. The molecule has 0 spiro atoms. The fourth-order valence-corrected chi connectivity index (χ4v) is 2.55. The van der Waals surface area contributed by atoms with Gasteiger partial charge in [-0.25, -0.2) is 4.98 Å². The van der Waals surface area contributed by atoms with E-state index in [-0.39, 0.29) is 18.1 Å². The Morgan fingerprint density at radius 2 is 2.00 bits per heavy atom. The smallest absolute Gasteiger partial charge is 0.437 e. The molecule has 0 aliphatic carbocycles. The Morgan fingerprint density at radius 3 is 2.54 bits per heavy atom. The van der Waals surface area contributed by atoms with Gasteiger partial charge in [-0.1, -0.05) is 13.8 Å². The molecule has 2 heterocycles. The van der Waals surface area contributed by atoms with Crippen LogP contribution in [-0.4, -0.2) is 27.3 Å². The minimum atomic E-state index is -4.63. The van der Waals surface area contributed by atoms with Gasteiger partial charge in [-0.05, 0) is 31.4 Å². The Bertz CT molecular complexity index is 666. The molecule has 5 nitrogen and oxygen atoms in total. The maximum absolute atomic E-state index is 13.3. The summed E-state index contributed by atoms with van der Waals surface area (Å²) >= 11 is 0. The number of hydrogen-bond acceptors (Lipinski definition) is 4. The van der Waals surface area contributed by atoms with Crippen LogP contribution in [0, 0.1) is 5.92 Å². The van der Waals surface area contributed by atoms with Crippen molar-refractivity contribution in [2.24, 2.45) is 11.7 Å². The average Bonchev–Trinajstić information content (AvgIpc) is 2.97. The maximum atomic E-state index is 13.3. The third-order valence-electron chi connectivity index (χ3n) is 3.35. The molecule has 0 aliphatic heterocycles. The summed E-state index contributed by atoms with van der Waals surface area (Å²) in [6.07, 6.45) is -1.11. The van der Waals surface area contributed by atoms with Gasteiger partial charge in [-0.3, -0.25) is 5.10 Å². The fraction of sp³-hybridized carbons (Fsp3) is 0.500. The Balaban J connectivity index is 2.26. The molecular formula is C16H21F3N4O. The molecule has 0 radical (unpaired) electrons. The van der Waals surface area contributed by atoms with Crippen LogP contribution in [0.15, 0.2) is 24.5 Å². The first kappa shape index (κ1) is 18.3. The number of aromatic amines is 1. The zero-order chi connectivity index (χ0) is 18.0.